The van der Waals surface area contributed by atoms with E-state index in [2.05, 4.69) is 5.32 Å². The molecule has 0 fully saturated rings. The molecular formula is C25H28N2O2. The molecule has 3 aromatic carbocycles. The zero-order valence-electron chi connectivity index (χ0n) is 17.2. The lowest BCUT2D eigenvalue weighted by Gasteiger charge is -2.27. The monoisotopic (exact) mass is 388 g/mol. The number of benzene rings is 3. The summed E-state index contributed by atoms with van der Waals surface area (Å²) in [5.74, 6) is 0.814. The van der Waals surface area contributed by atoms with Gasteiger partial charge in [0.05, 0.1) is 19.2 Å². The lowest BCUT2D eigenvalue weighted by Crippen LogP contribution is -2.44. The summed E-state index contributed by atoms with van der Waals surface area (Å²) >= 11 is 0. The molecular weight excluding hydrogens is 360 g/mol. The largest absolute Gasteiger partial charge is 0.497 e. The average molecular weight is 389 g/mol. The van der Waals surface area contributed by atoms with Crippen molar-refractivity contribution in [2.75, 3.05) is 14.2 Å². The van der Waals surface area contributed by atoms with E-state index in [4.69, 9.17) is 4.74 Å². The Kier molecular flexibility index (Phi) is 7.04. The number of hydrogen-bond donors (Lipinski definition) is 1. The molecule has 0 saturated carbocycles. The molecule has 0 spiro atoms. The molecule has 0 aliphatic rings. The number of amides is 1. The summed E-state index contributed by atoms with van der Waals surface area (Å²) in [4.78, 5) is 15.1. The molecule has 4 heteroatoms. The van der Waals surface area contributed by atoms with Crippen LogP contribution in [0.15, 0.2) is 84.9 Å². The van der Waals surface area contributed by atoms with Crippen LogP contribution in [0.1, 0.15) is 29.7 Å². The topological polar surface area (TPSA) is 41.6 Å². The van der Waals surface area contributed by atoms with Crippen molar-refractivity contribution >= 4 is 5.91 Å². The third-order valence-corrected chi connectivity index (χ3v) is 5.16. The van der Waals surface area contributed by atoms with Crippen molar-refractivity contribution < 1.29 is 9.53 Å². The van der Waals surface area contributed by atoms with Gasteiger partial charge in [0.1, 0.15) is 5.75 Å². The van der Waals surface area contributed by atoms with Gasteiger partial charge in [0.25, 0.3) is 0 Å². The van der Waals surface area contributed by atoms with E-state index in [1.54, 1.807) is 7.11 Å². The Bertz CT molecular complexity index is 873. The number of carbonyl (C=O) groups excluding carboxylic acids is 1. The fourth-order valence-electron chi connectivity index (χ4n) is 3.31. The van der Waals surface area contributed by atoms with Gasteiger partial charge in [-0.2, -0.15) is 0 Å². The van der Waals surface area contributed by atoms with Crippen LogP contribution in [0.5, 0.6) is 5.75 Å². The number of hydrogen-bond acceptors (Lipinski definition) is 3. The molecule has 1 amide bonds. The highest BCUT2D eigenvalue weighted by Crippen LogP contribution is 2.22. The van der Waals surface area contributed by atoms with Gasteiger partial charge < -0.3 is 10.1 Å². The van der Waals surface area contributed by atoms with Crippen LogP contribution in [-0.2, 0) is 11.3 Å². The van der Waals surface area contributed by atoms with Gasteiger partial charge in [-0.15, -0.1) is 0 Å². The maximum atomic E-state index is 13.1. The van der Waals surface area contributed by atoms with Crippen LogP contribution in [0.4, 0.5) is 0 Å². The molecule has 0 aliphatic carbocycles. The van der Waals surface area contributed by atoms with E-state index >= 15 is 0 Å². The Morgan fingerprint density at radius 2 is 1.52 bits per heavy atom. The zero-order chi connectivity index (χ0) is 20.6. The first-order valence-corrected chi connectivity index (χ1v) is 9.82. The molecule has 0 radical (unpaired) electrons. The van der Waals surface area contributed by atoms with Gasteiger partial charge in [-0.3, -0.25) is 9.69 Å². The highest BCUT2D eigenvalue weighted by molar-refractivity contribution is 5.82. The van der Waals surface area contributed by atoms with Crippen molar-refractivity contribution in [1.29, 1.82) is 0 Å². The van der Waals surface area contributed by atoms with E-state index in [0.717, 1.165) is 22.4 Å². The van der Waals surface area contributed by atoms with Gasteiger partial charge >= 0.3 is 0 Å². The number of nitrogens with zero attached hydrogens (tertiary/aromatic N) is 1. The molecule has 4 nitrogen and oxygen atoms in total. The third-order valence-electron chi connectivity index (χ3n) is 5.16. The van der Waals surface area contributed by atoms with E-state index in [1.165, 1.54) is 0 Å². The molecule has 0 saturated heterocycles. The molecule has 0 aliphatic heterocycles. The molecule has 29 heavy (non-hydrogen) atoms. The second-order valence-electron chi connectivity index (χ2n) is 7.21. The Hall–Kier alpha value is -3.11. The quantitative estimate of drug-likeness (QED) is 0.621. The van der Waals surface area contributed by atoms with E-state index in [9.17, 15) is 4.79 Å². The zero-order valence-corrected chi connectivity index (χ0v) is 17.2. The summed E-state index contributed by atoms with van der Waals surface area (Å²) in [6.45, 7) is 2.59. The van der Waals surface area contributed by atoms with Crippen LogP contribution >= 0.6 is 0 Å². The van der Waals surface area contributed by atoms with Crippen molar-refractivity contribution in [3.63, 3.8) is 0 Å². The number of methoxy groups -OCH3 is 1. The molecule has 3 rings (SSSR count). The predicted octanol–water partition coefficient (Wildman–Crippen LogP) is 4.42. The minimum atomic E-state index is -0.281. The number of nitrogens with one attached hydrogen (secondary N) is 1. The van der Waals surface area contributed by atoms with Gasteiger partial charge in [0, 0.05) is 6.54 Å². The molecule has 1 N–H and O–H groups in total. The second-order valence-corrected chi connectivity index (χ2v) is 7.21. The first kappa shape index (κ1) is 20.6. The lowest BCUT2D eigenvalue weighted by atomic mass is 9.98. The Morgan fingerprint density at radius 3 is 2.07 bits per heavy atom. The van der Waals surface area contributed by atoms with Crippen molar-refractivity contribution in [2.24, 2.45) is 0 Å². The first-order valence-electron chi connectivity index (χ1n) is 9.82. The van der Waals surface area contributed by atoms with Gasteiger partial charge in [0.2, 0.25) is 5.91 Å². The molecule has 1 atom stereocenters. The highest BCUT2D eigenvalue weighted by atomic mass is 16.5. The van der Waals surface area contributed by atoms with E-state index in [1.807, 2.05) is 104 Å². The summed E-state index contributed by atoms with van der Waals surface area (Å²) in [6, 6.07) is 27.6. The summed E-state index contributed by atoms with van der Waals surface area (Å²) in [5.41, 5.74) is 3.23. The van der Waals surface area contributed by atoms with Crippen LogP contribution in [0, 0.1) is 0 Å². The number of likely N-dealkylation sites (N-methyl/N-ethyl adjacent to an activating group) is 1. The van der Waals surface area contributed by atoms with Crippen LogP contribution in [0.3, 0.4) is 0 Å². The van der Waals surface area contributed by atoms with Crippen LogP contribution in [0.2, 0.25) is 0 Å². The van der Waals surface area contributed by atoms with Gasteiger partial charge in [0.15, 0.2) is 0 Å². The maximum absolute atomic E-state index is 13.1. The standard InChI is InChI=1S/C25H28N2O2/c1-19(27(2)18-20-11-10-16-23(17-20)29-3)25(28)26-24(21-12-6-4-7-13-21)22-14-8-5-9-15-22/h4-17,19,24H,18H2,1-3H3,(H,26,28)/t19-/m1/s1. The lowest BCUT2D eigenvalue weighted by molar-refractivity contribution is -0.126. The number of rotatable bonds is 8. The summed E-state index contributed by atoms with van der Waals surface area (Å²) in [7, 11) is 3.62. The van der Waals surface area contributed by atoms with E-state index in [0.29, 0.717) is 6.54 Å². The summed E-state index contributed by atoms with van der Waals surface area (Å²) in [6.07, 6.45) is 0. The smallest absolute Gasteiger partial charge is 0.237 e. The molecule has 0 bridgehead atoms. The minimum Gasteiger partial charge on any atom is -0.497 e. The van der Waals surface area contributed by atoms with E-state index in [-0.39, 0.29) is 18.0 Å². The minimum absolute atomic E-state index is 0.00639. The van der Waals surface area contributed by atoms with Crippen LogP contribution in [-0.4, -0.2) is 31.0 Å². The highest BCUT2D eigenvalue weighted by Gasteiger charge is 2.23. The average Bonchev–Trinajstić information content (AvgIpc) is 2.78. The normalized spacial score (nSPS) is 12.0. The molecule has 0 heterocycles. The van der Waals surface area contributed by atoms with Gasteiger partial charge in [-0.1, -0.05) is 72.8 Å². The maximum Gasteiger partial charge on any atom is 0.237 e. The summed E-state index contributed by atoms with van der Waals surface area (Å²) < 4.78 is 5.30. The Balaban J connectivity index is 1.73. The van der Waals surface area contributed by atoms with Crippen molar-refractivity contribution in [2.45, 2.75) is 25.6 Å². The Labute approximate surface area is 173 Å². The molecule has 150 valence electrons. The fourth-order valence-corrected chi connectivity index (χ4v) is 3.31. The molecule has 0 aromatic heterocycles. The molecule has 3 aromatic rings. The third kappa shape index (κ3) is 5.46. The predicted molar refractivity (Wildman–Crippen MR) is 117 cm³/mol. The van der Waals surface area contributed by atoms with Crippen molar-refractivity contribution in [1.82, 2.24) is 10.2 Å². The van der Waals surface area contributed by atoms with Crippen LogP contribution < -0.4 is 10.1 Å². The van der Waals surface area contributed by atoms with E-state index < -0.39 is 0 Å². The fraction of sp³-hybridized carbons (Fsp3) is 0.240. The van der Waals surface area contributed by atoms with Crippen molar-refractivity contribution in [3.8, 4) is 5.75 Å². The van der Waals surface area contributed by atoms with Crippen molar-refractivity contribution in [3.05, 3.63) is 102 Å². The molecule has 0 unspecified atom stereocenters. The van der Waals surface area contributed by atoms with Gasteiger partial charge in [-0.25, -0.2) is 0 Å². The second kappa shape index (κ2) is 9.89. The number of ether oxygens (including phenoxy) is 1. The SMILES string of the molecule is COc1cccc(CN(C)[C@H](C)C(=O)NC(c2ccccc2)c2ccccc2)c1. The first-order chi connectivity index (χ1) is 14.1. The van der Waals surface area contributed by atoms with Gasteiger partial charge in [-0.05, 0) is 42.8 Å². The van der Waals surface area contributed by atoms with Crippen LogP contribution in [0.25, 0.3) is 0 Å². The Morgan fingerprint density at radius 1 is 0.931 bits per heavy atom. The summed E-state index contributed by atoms with van der Waals surface area (Å²) in [5, 5.41) is 3.23. The number of carbonyl (C=O) groups is 1.